The highest BCUT2D eigenvalue weighted by Gasteiger charge is 2.52. The SMILES string of the molecule is CC(=O)NC1C(OC(C)=O)[C@@H](OC(C)=O)C(COC(C)=O)O[C@H]1ON(CCCN)CCCNCCCN. The van der Waals surface area contributed by atoms with Gasteiger partial charge in [0.1, 0.15) is 18.8 Å². The molecule has 1 rings (SSSR count). The van der Waals surface area contributed by atoms with Crippen molar-refractivity contribution < 1.29 is 43.0 Å². The number of amides is 1. The molecule has 0 spiro atoms. The second kappa shape index (κ2) is 18.0. The molecule has 0 aliphatic carbocycles. The molecule has 1 saturated heterocycles. The average molecular weight is 534 g/mol. The molecular formula is C23H43N5O9. The van der Waals surface area contributed by atoms with Crippen LogP contribution in [0.15, 0.2) is 0 Å². The van der Waals surface area contributed by atoms with Crippen molar-refractivity contribution in [3.8, 4) is 0 Å². The molecule has 6 N–H and O–H groups in total. The number of hydroxylamine groups is 2. The summed E-state index contributed by atoms with van der Waals surface area (Å²) in [6.45, 7) is 8.10. The topological polar surface area (TPSA) is 194 Å². The van der Waals surface area contributed by atoms with Gasteiger partial charge in [0.05, 0.1) is 0 Å². The van der Waals surface area contributed by atoms with E-state index in [-0.39, 0.29) is 6.61 Å². The summed E-state index contributed by atoms with van der Waals surface area (Å²) < 4.78 is 22.1. The molecule has 1 fully saturated rings. The van der Waals surface area contributed by atoms with Crippen molar-refractivity contribution in [3.05, 3.63) is 0 Å². The van der Waals surface area contributed by atoms with E-state index in [9.17, 15) is 19.2 Å². The largest absolute Gasteiger partial charge is 0.463 e. The Morgan fingerprint density at radius 1 is 0.838 bits per heavy atom. The van der Waals surface area contributed by atoms with Crippen molar-refractivity contribution in [2.45, 2.75) is 77.6 Å². The zero-order valence-corrected chi connectivity index (χ0v) is 22.2. The molecule has 0 saturated carbocycles. The van der Waals surface area contributed by atoms with Gasteiger partial charge in [0.25, 0.3) is 0 Å². The Morgan fingerprint density at radius 2 is 1.43 bits per heavy atom. The van der Waals surface area contributed by atoms with Crippen molar-refractivity contribution >= 4 is 23.8 Å². The van der Waals surface area contributed by atoms with Crippen LogP contribution in [0.1, 0.15) is 47.0 Å². The first-order valence-electron chi connectivity index (χ1n) is 12.5. The number of nitrogens with one attached hydrogen (secondary N) is 2. The van der Waals surface area contributed by atoms with Crippen LogP contribution in [0, 0.1) is 0 Å². The zero-order valence-electron chi connectivity index (χ0n) is 22.2. The molecule has 14 nitrogen and oxygen atoms in total. The number of nitrogens with zero attached hydrogens (tertiary/aromatic N) is 1. The highest BCUT2D eigenvalue weighted by atomic mass is 16.8. The predicted octanol–water partition coefficient (Wildman–Crippen LogP) is -1.45. The van der Waals surface area contributed by atoms with Gasteiger partial charge in [-0.25, -0.2) is 0 Å². The lowest BCUT2D eigenvalue weighted by molar-refractivity contribution is -0.341. The monoisotopic (exact) mass is 533 g/mol. The summed E-state index contributed by atoms with van der Waals surface area (Å²) in [5.74, 6) is -2.38. The molecule has 37 heavy (non-hydrogen) atoms. The van der Waals surface area contributed by atoms with Crippen LogP contribution < -0.4 is 22.1 Å². The van der Waals surface area contributed by atoms with Crippen LogP contribution in [0.3, 0.4) is 0 Å². The maximum Gasteiger partial charge on any atom is 0.303 e. The molecule has 0 aromatic carbocycles. The maximum atomic E-state index is 12.1. The molecule has 1 heterocycles. The summed E-state index contributed by atoms with van der Waals surface area (Å²) in [5.41, 5.74) is 11.2. The summed E-state index contributed by atoms with van der Waals surface area (Å²) in [6.07, 6.45) is -2.34. The third-order valence-corrected chi connectivity index (χ3v) is 5.25. The summed E-state index contributed by atoms with van der Waals surface area (Å²) in [5, 5.41) is 7.64. The molecule has 214 valence electrons. The molecule has 0 aromatic heterocycles. The second-order valence-electron chi connectivity index (χ2n) is 8.64. The zero-order chi connectivity index (χ0) is 27.8. The Bertz CT molecular complexity index is 727. The van der Waals surface area contributed by atoms with Crippen LogP contribution >= 0.6 is 0 Å². The van der Waals surface area contributed by atoms with Gasteiger partial charge in [0, 0.05) is 40.8 Å². The lowest BCUT2D eigenvalue weighted by atomic mass is 9.96. The number of nitrogens with two attached hydrogens (primary N) is 2. The van der Waals surface area contributed by atoms with E-state index in [4.69, 9.17) is 35.3 Å². The minimum Gasteiger partial charge on any atom is -0.463 e. The molecule has 0 bridgehead atoms. The van der Waals surface area contributed by atoms with Crippen LogP contribution in [0.5, 0.6) is 0 Å². The molecule has 14 heteroatoms. The number of esters is 3. The summed E-state index contributed by atoms with van der Waals surface area (Å²) in [7, 11) is 0. The number of hydrogen-bond donors (Lipinski definition) is 4. The van der Waals surface area contributed by atoms with Gasteiger partial charge in [-0.1, -0.05) is 0 Å². The third kappa shape index (κ3) is 13.1. The molecule has 1 aliphatic rings. The van der Waals surface area contributed by atoms with Gasteiger partial charge in [-0.05, 0) is 45.4 Å². The first-order valence-corrected chi connectivity index (χ1v) is 12.5. The van der Waals surface area contributed by atoms with Crippen LogP contribution in [-0.2, 0) is 43.0 Å². The number of ether oxygens (including phenoxy) is 4. The quantitative estimate of drug-likeness (QED) is 0.0735. The molecule has 1 amide bonds. The van der Waals surface area contributed by atoms with Crippen molar-refractivity contribution in [3.63, 3.8) is 0 Å². The van der Waals surface area contributed by atoms with Gasteiger partial charge in [-0.15, -0.1) is 0 Å². The second-order valence-corrected chi connectivity index (χ2v) is 8.64. The van der Waals surface area contributed by atoms with Crippen molar-refractivity contribution in [2.24, 2.45) is 11.5 Å². The highest BCUT2D eigenvalue weighted by Crippen LogP contribution is 2.28. The molecule has 5 atom stereocenters. The van der Waals surface area contributed by atoms with Gasteiger partial charge in [-0.3, -0.25) is 24.0 Å². The minimum absolute atomic E-state index is 0.300. The van der Waals surface area contributed by atoms with E-state index in [1.54, 1.807) is 5.06 Å². The smallest absolute Gasteiger partial charge is 0.303 e. The third-order valence-electron chi connectivity index (χ3n) is 5.25. The van der Waals surface area contributed by atoms with Crippen LogP contribution in [0.25, 0.3) is 0 Å². The molecule has 3 unspecified atom stereocenters. The van der Waals surface area contributed by atoms with Gasteiger partial charge in [-0.2, -0.15) is 5.06 Å². The number of carbonyl (C=O) groups excluding carboxylic acids is 4. The predicted molar refractivity (Wildman–Crippen MR) is 131 cm³/mol. The van der Waals surface area contributed by atoms with Crippen molar-refractivity contribution in [1.82, 2.24) is 15.7 Å². The Balaban J connectivity index is 3.20. The minimum atomic E-state index is -1.18. The lowest BCUT2D eigenvalue weighted by Gasteiger charge is -2.45. The fourth-order valence-corrected chi connectivity index (χ4v) is 3.74. The van der Waals surface area contributed by atoms with Crippen LogP contribution in [0.4, 0.5) is 0 Å². The van der Waals surface area contributed by atoms with Crippen molar-refractivity contribution in [2.75, 3.05) is 45.9 Å². The van der Waals surface area contributed by atoms with Crippen LogP contribution in [-0.4, -0.2) is 105 Å². The molecule has 0 radical (unpaired) electrons. The van der Waals surface area contributed by atoms with E-state index in [0.29, 0.717) is 32.6 Å². The van der Waals surface area contributed by atoms with Gasteiger partial charge in [0.15, 0.2) is 12.2 Å². The number of rotatable bonds is 17. The fraction of sp³-hybridized carbons (Fsp3) is 0.826. The molecule has 1 aliphatic heterocycles. The lowest BCUT2D eigenvalue weighted by Crippen LogP contribution is -2.67. The van der Waals surface area contributed by atoms with E-state index in [2.05, 4.69) is 10.6 Å². The van der Waals surface area contributed by atoms with E-state index in [0.717, 1.165) is 25.9 Å². The molecule has 0 aromatic rings. The van der Waals surface area contributed by atoms with E-state index < -0.39 is 54.5 Å². The first-order chi connectivity index (χ1) is 17.6. The summed E-state index contributed by atoms with van der Waals surface area (Å²) >= 11 is 0. The van der Waals surface area contributed by atoms with Gasteiger partial charge < -0.3 is 41.0 Å². The van der Waals surface area contributed by atoms with Crippen LogP contribution in [0.2, 0.25) is 0 Å². The van der Waals surface area contributed by atoms with E-state index in [1.165, 1.54) is 27.7 Å². The average Bonchev–Trinajstić information content (AvgIpc) is 2.81. The van der Waals surface area contributed by atoms with E-state index >= 15 is 0 Å². The van der Waals surface area contributed by atoms with Gasteiger partial charge >= 0.3 is 17.9 Å². The van der Waals surface area contributed by atoms with E-state index in [1.807, 2.05) is 0 Å². The van der Waals surface area contributed by atoms with Gasteiger partial charge in [0.2, 0.25) is 12.2 Å². The normalized spacial score (nSPS) is 23.4. The number of carbonyl (C=O) groups is 4. The van der Waals surface area contributed by atoms with Crippen molar-refractivity contribution in [1.29, 1.82) is 0 Å². The Kier molecular flexibility index (Phi) is 15.9. The number of hydrogen-bond acceptors (Lipinski definition) is 13. The summed E-state index contributed by atoms with van der Waals surface area (Å²) in [6, 6.07) is -1.04. The Hall–Kier alpha value is -2.36. The standard InChI is InChI=1S/C23H43N5O9/c1-15(29)27-20-22(35-18(4)32)21(34-17(3)31)19(14-33-16(2)30)36-23(20)37-28(12-6-9-25)13-7-11-26-10-5-8-24/h19-23,26H,5-14,24-25H2,1-4H3,(H,27,29)/t19?,20?,21-,22?,23-/m0/s1. The summed E-state index contributed by atoms with van der Waals surface area (Å²) in [4.78, 5) is 53.6. The Labute approximate surface area is 217 Å². The Morgan fingerprint density at radius 3 is 2.00 bits per heavy atom. The molecular weight excluding hydrogens is 490 g/mol. The fourth-order valence-electron chi connectivity index (χ4n) is 3.74. The maximum absolute atomic E-state index is 12.1. The highest BCUT2D eigenvalue weighted by molar-refractivity contribution is 5.73. The first kappa shape index (κ1) is 32.7.